The first kappa shape index (κ1) is 20.9. The monoisotopic (exact) mass is 355 g/mol. The molecule has 1 N–H and O–H groups in total. The van der Waals surface area contributed by atoms with Gasteiger partial charge in [-0.1, -0.05) is 20.8 Å². The van der Waals surface area contributed by atoms with E-state index in [1.807, 2.05) is 6.92 Å². The van der Waals surface area contributed by atoms with Crippen LogP contribution in [0.25, 0.3) is 0 Å². The van der Waals surface area contributed by atoms with Crippen molar-refractivity contribution in [2.24, 2.45) is 11.8 Å². The molecular weight excluding hydrogens is 326 g/mol. The summed E-state index contributed by atoms with van der Waals surface area (Å²) in [7, 11) is 0. The molecule has 1 aliphatic heterocycles. The Balaban J connectivity index is 0.00000288. The molecule has 5 heteroatoms. The fourth-order valence-corrected chi connectivity index (χ4v) is 3.43. The number of Topliss-reactive ketones (excluding diaryl/α,β-unsaturated/α-hetero) is 1. The molecule has 0 bridgehead atoms. The molecule has 0 radical (unpaired) electrons. The average Bonchev–Trinajstić information content (AvgIpc) is 2.51. The van der Waals surface area contributed by atoms with Crippen LogP contribution in [0.5, 0.6) is 5.75 Å². The second-order valence-electron chi connectivity index (χ2n) is 6.93. The van der Waals surface area contributed by atoms with E-state index in [0.717, 1.165) is 13.1 Å². The van der Waals surface area contributed by atoms with Gasteiger partial charge in [-0.2, -0.15) is 0 Å². The predicted molar refractivity (Wildman–Crippen MR) is 99.2 cm³/mol. The first-order valence-corrected chi connectivity index (χ1v) is 8.64. The molecule has 1 fully saturated rings. The lowest BCUT2D eigenvalue weighted by Crippen LogP contribution is -2.43. The average molecular weight is 356 g/mol. The minimum atomic E-state index is -0.496. The Labute approximate surface area is 151 Å². The highest BCUT2D eigenvalue weighted by Crippen LogP contribution is 2.21. The highest BCUT2D eigenvalue weighted by atomic mass is 35.5. The molecule has 3 atom stereocenters. The Morgan fingerprint density at radius 2 is 1.83 bits per heavy atom. The second-order valence-corrected chi connectivity index (χ2v) is 6.93. The van der Waals surface area contributed by atoms with E-state index in [1.54, 1.807) is 24.3 Å². The third-order valence-corrected chi connectivity index (χ3v) is 4.35. The fourth-order valence-electron chi connectivity index (χ4n) is 3.43. The van der Waals surface area contributed by atoms with Crippen LogP contribution >= 0.6 is 12.4 Å². The van der Waals surface area contributed by atoms with E-state index < -0.39 is 6.10 Å². The number of piperidine rings is 1. The summed E-state index contributed by atoms with van der Waals surface area (Å²) in [6.45, 7) is 9.42. The van der Waals surface area contributed by atoms with Gasteiger partial charge < -0.3 is 14.7 Å². The van der Waals surface area contributed by atoms with Crippen molar-refractivity contribution in [3.8, 4) is 5.75 Å². The van der Waals surface area contributed by atoms with E-state index in [-0.39, 0.29) is 24.8 Å². The molecule has 24 heavy (non-hydrogen) atoms. The Morgan fingerprint density at radius 1 is 1.25 bits per heavy atom. The molecule has 0 aliphatic carbocycles. The van der Waals surface area contributed by atoms with Crippen LogP contribution in [0.4, 0.5) is 0 Å². The normalized spacial score (nSPS) is 22.5. The predicted octanol–water partition coefficient (Wildman–Crippen LogP) is 3.42. The standard InChI is InChI=1S/C19H29NO3.ClH/c1-4-19(22)16-5-7-18(8-6-16)23-13-17(21)12-20-10-14(2)9-15(3)11-20;/h5-8,14-15,17,21H,4,9-13H2,1-3H3;1H. The molecular formula is C19H30ClNO3. The van der Waals surface area contributed by atoms with Crippen LogP contribution in [-0.2, 0) is 0 Å². The number of aliphatic hydroxyl groups excluding tert-OH is 1. The number of likely N-dealkylation sites (tertiary alicyclic amines) is 1. The highest BCUT2D eigenvalue weighted by molar-refractivity contribution is 5.95. The number of ketones is 1. The molecule has 4 nitrogen and oxygen atoms in total. The van der Waals surface area contributed by atoms with E-state index in [4.69, 9.17) is 4.74 Å². The van der Waals surface area contributed by atoms with Crippen LogP contribution in [0.1, 0.15) is 44.0 Å². The van der Waals surface area contributed by atoms with Crippen molar-refractivity contribution < 1.29 is 14.6 Å². The minimum absolute atomic E-state index is 0. The molecule has 1 aliphatic rings. The number of carbonyl (C=O) groups excluding carboxylic acids is 1. The smallest absolute Gasteiger partial charge is 0.162 e. The molecule has 2 rings (SSSR count). The molecule has 136 valence electrons. The second kappa shape index (κ2) is 10.0. The van der Waals surface area contributed by atoms with Crippen molar-refractivity contribution >= 4 is 18.2 Å². The molecule has 1 aromatic rings. The third kappa shape index (κ3) is 6.42. The van der Waals surface area contributed by atoms with Crippen molar-refractivity contribution in [3.05, 3.63) is 29.8 Å². The quantitative estimate of drug-likeness (QED) is 0.761. The van der Waals surface area contributed by atoms with Gasteiger partial charge in [-0.3, -0.25) is 4.79 Å². The van der Waals surface area contributed by atoms with Crippen LogP contribution in [0.15, 0.2) is 24.3 Å². The Bertz CT molecular complexity index is 496. The van der Waals surface area contributed by atoms with Crippen molar-refractivity contribution in [1.29, 1.82) is 0 Å². The van der Waals surface area contributed by atoms with Gasteiger partial charge in [0.25, 0.3) is 0 Å². The first-order chi connectivity index (χ1) is 11.0. The lowest BCUT2D eigenvalue weighted by atomic mass is 9.92. The van der Waals surface area contributed by atoms with Crippen molar-refractivity contribution in [1.82, 2.24) is 4.90 Å². The summed E-state index contributed by atoms with van der Waals surface area (Å²) in [4.78, 5) is 13.9. The Kier molecular flexibility index (Phi) is 8.74. The number of β-amino-alcohol motifs (C(OH)–C–C–N with tert-alkyl or cyclic N) is 1. The van der Waals surface area contributed by atoms with E-state index in [9.17, 15) is 9.90 Å². The summed E-state index contributed by atoms with van der Waals surface area (Å²) in [6.07, 6.45) is 1.28. The van der Waals surface area contributed by atoms with Crippen LogP contribution in [0.3, 0.4) is 0 Å². The maximum atomic E-state index is 11.6. The number of hydrogen-bond acceptors (Lipinski definition) is 4. The molecule has 1 saturated heterocycles. The van der Waals surface area contributed by atoms with Gasteiger partial charge in [-0.15, -0.1) is 12.4 Å². The molecule has 1 heterocycles. The molecule has 0 amide bonds. The van der Waals surface area contributed by atoms with Gasteiger partial charge in [-0.25, -0.2) is 0 Å². The number of benzene rings is 1. The number of ether oxygens (including phenoxy) is 1. The summed E-state index contributed by atoms with van der Waals surface area (Å²) < 4.78 is 5.64. The largest absolute Gasteiger partial charge is 0.491 e. The third-order valence-electron chi connectivity index (χ3n) is 4.35. The first-order valence-electron chi connectivity index (χ1n) is 8.64. The topological polar surface area (TPSA) is 49.8 Å². The Hall–Kier alpha value is -1.10. The zero-order valence-corrected chi connectivity index (χ0v) is 15.7. The fraction of sp³-hybridized carbons (Fsp3) is 0.632. The number of halogens is 1. The summed E-state index contributed by atoms with van der Waals surface area (Å²) >= 11 is 0. The molecule has 0 spiro atoms. The van der Waals surface area contributed by atoms with E-state index >= 15 is 0 Å². The van der Waals surface area contributed by atoms with Gasteiger partial charge >= 0.3 is 0 Å². The maximum absolute atomic E-state index is 11.6. The number of nitrogens with zero attached hydrogens (tertiary/aromatic N) is 1. The number of carbonyl (C=O) groups is 1. The number of rotatable bonds is 7. The van der Waals surface area contributed by atoms with Crippen LogP contribution in [0, 0.1) is 11.8 Å². The van der Waals surface area contributed by atoms with Crippen molar-refractivity contribution in [2.45, 2.75) is 39.7 Å². The Morgan fingerprint density at radius 3 is 2.38 bits per heavy atom. The zero-order chi connectivity index (χ0) is 16.8. The summed E-state index contributed by atoms with van der Waals surface area (Å²) in [5.41, 5.74) is 0.705. The summed E-state index contributed by atoms with van der Waals surface area (Å²) in [6, 6.07) is 7.14. The summed E-state index contributed by atoms with van der Waals surface area (Å²) in [5.74, 6) is 2.20. The van der Waals surface area contributed by atoms with Crippen molar-refractivity contribution in [3.63, 3.8) is 0 Å². The van der Waals surface area contributed by atoms with Gasteiger partial charge in [0.2, 0.25) is 0 Å². The van der Waals surface area contributed by atoms with E-state index in [2.05, 4.69) is 18.7 Å². The molecule has 1 aromatic carbocycles. The molecule has 0 saturated carbocycles. The van der Waals surface area contributed by atoms with Crippen molar-refractivity contribution in [2.75, 3.05) is 26.2 Å². The van der Waals surface area contributed by atoms with E-state index in [1.165, 1.54) is 6.42 Å². The lowest BCUT2D eigenvalue weighted by Gasteiger charge is -2.35. The maximum Gasteiger partial charge on any atom is 0.162 e. The zero-order valence-electron chi connectivity index (χ0n) is 14.9. The molecule has 3 unspecified atom stereocenters. The minimum Gasteiger partial charge on any atom is -0.491 e. The number of hydrogen-bond donors (Lipinski definition) is 1. The van der Waals surface area contributed by atoms with Crippen LogP contribution in [0.2, 0.25) is 0 Å². The van der Waals surface area contributed by atoms with Gasteiger partial charge in [-0.05, 0) is 42.5 Å². The van der Waals surface area contributed by atoms with Gasteiger partial charge in [0.05, 0.1) is 0 Å². The number of aliphatic hydroxyl groups is 1. The highest BCUT2D eigenvalue weighted by Gasteiger charge is 2.23. The van der Waals surface area contributed by atoms with Gasteiger partial charge in [0.15, 0.2) is 5.78 Å². The SMILES string of the molecule is CCC(=O)c1ccc(OCC(O)CN2CC(C)CC(C)C2)cc1.Cl. The summed E-state index contributed by atoms with van der Waals surface area (Å²) in [5, 5.41) is 10.2. The van der Waals surface area contributed by atoms with Gasteiger partial charge in [0, 0.05) is 31.6 Å². The van der Waals surface area contributed by atoms with Crippen LogP contribution < -0.4 is 4.74 Å². The lowest BCUT2D eigenvalue weighted by molar-refractivity contribution is 0.0429. The van der Waals surface area contributed by atoms with Gasteiger partial charge in [0.1, 0.15) is 18.5 Å². The molecule has 0 aromatic heterocycles. The van der Waals surface area contributed by atoms with E-state index in [0.29, 0.717) is 36.1 Å². The van der Waals surface area contributed by atoms with Crippen LogP contribution in [-0.4, -0.2) is 48.1 Å².